The van der Waals surface area contributed by atoms with Gasteiger partial charge in [-0.25, -0.2) is 0 Å². The van der Waals surface area contributed by atoms with Crippen molar-refractivity contribution in [1.82, 2.24) is 10.4 Å². The molecule has 0 aliphatic carbocycles. The number of thiocarbonyl (C=S) groups is 1. The van der Waals surface area contributed by atoms with Crippen LogP contribution in [-0.2, 0) is 4.79 Å². The van der Waals surface area contributed by atoms with Gasteiger partial charge in [-0.2, -0.15) is 0 Å². The largest absolute Gasteiger partial charge is 0.285 e. The summed E-state index contributed by atoms with van der Waals surface area (Å²) in [4.78, 5) is 11.5. The Balaban J connectivity index is 2.64. The SMILES string of the molecule is CC(=O)N(C)NC(=S)c1ccccc1. The van der Waals surface area contributed by atoms with E-state index in [1.807, 2.05) is 30.3 Å². The summed E-state index contributed by atoms with van der Waals surface area (Å²) in [6, 6.07) is 9.50. The molecule has 1 rings (SSSR count). The number of nitrogens with one attached hydrogen (secondary N) is 1. The fourth-order valence-electron chi connectivity index (χ4n) is 0.885. The summed E-state index contributed by atoms with van der Waals surface area (Å²) >= 11 is 5.11. The van der Waals surface area contributed by atoms with Crippen LogP contribution >= 0.6 is 12.2 Å². The second-order valence-corrected chi connectivity index (χ2v) is 3.29. The second kappa shape index (κ2) is 4.72. The van der Waals surface area contributed by atoms with Gasteiger partial charge in [0, 0.05) is 19.5 Å². The van der Waals surface area contributed by atoms with E-state index in [-0.39, 0.29) is 5.91 Å². The van der Waals surface area contributed by atoms with Gasteiger partial charge in [0.1, 0.15) is 4.99 Å². The van der Waals surface area contributed by atoms with Gasteiger partial charge in [0.15, 0.2) is 0 Å². The van der Waals surface area contributed by atoms with Gasteiger partial charge in [0.25, 0.3) is 0 Å². The van der Waals surface area contributed by atoms with Crippen molar-refractivity contribution in [2.75, 3.05) is 7.05 Å². The Hall–Kier alpha value is -1.42. The monoisotopic (exact) mass is 208 g/mol. The van der Waals surface area contributed by atoms with Crippen molar-refractivity contribution >= 4 is 23.1 Å². The van der Waals surface area contributed by atoms with Gasteiger partial charge in [-0.1, -0.05) is 42.5 Å². The van der Waals surface area contributed by atoms with E-state index in [2.05, 4.69) is 5.43 Å². The van der Waals surface area contributed by atoms with E-state index in [0.29, 0.717) is 4.99 Å². The molecular formula is C10H12N2OS. The molecule has 4 heteroatoms. The van der Waals surface area contributed by atoms with E-state index in [0.717, 1.165) is 5.56 Å². The van der Waals surface area contributed by atoms with E-state index in [9.17, 15) is 4.79 Å². The third kappa shape index (κ3) is 2.81. The maximum atomic E-state index is 10.9. The van der Waals surface area contributed by atoms with Crippen LogP contribution in [0.15, 0.2) is 30.3 Å². The zero-order valence-corrected chi connectivity index (χ0v) is 8.97. The van der Waals surface area contributed by atoms with Crippen molar-refractivity contribution in [3.63, 3.8) is 0 Å². The molecule has 0 spiro atoms. The molecule has 0 heterocycles. The highest BCUT2D eigenvalue weighted by Gasteiger charge is 2.04. The third-order valence-electron chi connectivity index (χ3n) is 1.78. The molecule has 0 saturated carbocycles. The molecule has 0 aliphatic heterocycles. The van der Waals surface area contributed by atoms with Crippen LogP contribution in [0.2, 0.25) is 0 Å². The molecule has 0 bridgehead atoms. The van der Waals surface area contributed by atoms with E-state index in [1.54, 1.807) is 7.05 Å². The Morgan fingerprint density at radius 1 is 1.36 bits per heavy atom. The predicted octanol–water partition coefficient (Wildman–Crippen LogP) is 1.35. The van der Waals surface area contributed by atoms with Crippen LogP contribution in [0.25, 0.3) is 0 Å². The van der Waals surface area contributed by atoms with Gasteiger partial charge in [0.2, 0.25) is 5.91 Å². The number of carbonyl (C=O) groups excluding carboxylic acids is 1. The third-order valence-corrected chi connectivity index (χ3v) is 2.10. The average molecular weight is 208 g/mol. The van der Waals surface area contributed by atoms with Gasteiger partial charge in [-0.05, 0) is 0 Å². The average Bonchev–Trinajstić information content (AvgIpc) is 2.19. The molecular weight excluding hydrogens is 196 g/mol. The molecule has 74 valence electrons. The summed E-state index contributed by atoms with van der Waals surface area (Å²) in [5.74, 6) is -0.0803. The smallest absolute Gasteiger partial charge is 0.237 e. The maximum absolute atomic E-state index is 10.9. The Labute approximate surface area is 88.7 Å². The lowest BCUT2D eigenvalue weighted by molar-refractivity contribution is -0.129. The first-order valence-corrected chi connectivity index (χ1v) is 4.62. The van der Waals surface area contributed by atoms with Crippen molar-refractivity contribution in [3.05, 3.63) is 35.9 Å². The first-order valence-electron chi connectivity index (χ1n) is 4.21. The van der Waals surface area contributed by atoms with Crippen LogP contribution in [0.5, 0.6) is 0 Å². The Morgan fingerprint density at radius 2 is 1.93 bits per heavy atom. The lowest BCUT2D eigenvalue weighted by Crippen LogP contribution is -2.41. The summed E-state index contributed by atoms with van der Waals surface area (Å²) in [5, 5.41) is 1.36. The summed E-state index contributed by atoms with van der Waals surface area (Å²) in [5.41, 5.74) is 3.71. The van der Waals surface area contributed by atoms with Gasteiger partial charge in [-0.3, -0.25) is 15.2 Å². The number of rotatable bonds is 1. The van der Waals surface area contributed by atoms with Crippen LogP contribution in [-0.4, -0.2) is 23.0 Å². The molecule has 1 aromatic rings. The zero-order chi connectivity index (χ0) is 10.6. The van der Waals surface area contributed by atoms with Crippen LogP contribution in [0.4, 0.5) is 0 Å². The number of amides is 1. The quantitative estimate of drug-likeness (QED) is 0.558. The minimum absolute atomic E-state index is 0.0803. The molecule has 0 unspecified atom stereocenters. The molecule has 0 radical (unpaired) electrons. The first kappa shape index (κ1) is 10.7. The van der Waals surface area contributed by atoms with Crippen LogP contribution < -0.4 is 5.43 Å². The number of hydrazine groups is 1. The predicted molar refractivity (Wildman–Crippen MR) is 59.7 cm³/mol. The van der Waals surface area contributed by atoms with Crippen LogP contribution in [0.1, 0.15) is 12.5 Å². The van der Waals surface area contributed by atoms with Crippen LogP contribution in [0, 0.1) is 0 Å². The molecule has 1 aromatic carbocycles. The minimum atomic E-state index is -0.0803. The maximum Gasteiger partial charge on any atom is 0.237 e. The Kier molecular flexibility index (Phi) is 3.59. The highest BCUT2D eigenvalue weighted by Crippen LogP contribution is 1.99. The van der Waals surface area contributed by atoms with E-state index in [1.165, 1.54) is 11.9 Å². The fraction of sp³-hybridized carbons (Fsp3) is 0.200. The normalized spacial score (nSPS) is 9.29. The van der Waals surface area contributed by atoms with Crippen molar-refractivity contribution in [2.24, 2.45) is 0 Å². The molecule has 0 fully saturated rings. The molecule has 0 aromatic heterocycles. The Bertz CT molecular complexity index is 337. The fourth-order valence-corrected chi connectivity index (χ4v) is 1.16. The molecule has 14 heavy (non-hydrogen) atoms. The summed E-state index contributed by atoms with van der Waals surface area (Å²) in [6.07, 6.45) is 0. The van der Waals surface area contributed by atoms with Crippen molar-refractivity contribution in [3.8, 4) is 0 Å². The zero-order valence-electron chi connectivity index (χ0n) is 8.15. The van der Waals surface area contributed by atoms with Gasteiger partial charge < -0.3 is 0 Å². The molecule has 0 aliphatic rings. The molecule has 1 amide bonds. The van der Waals surface area contributed by atoms with E-state index < -0.39 is 0 Å². The summed E-state index contributed by atoms with van der Waals surface area (Å²) in [6.45, 7) is 1.47. The van der Waals surface area contributed by atoms with E-state index >= 15 is 0 Å². The van der Waals surface area contributed by atoms with Crippen molar-refractivity contribution in [1.29, 1.82) is 0 Å². The standard InChI is InChI=1S/C10H12N2OS/c1-8(13)12(2)11-10(14)9-6-4-3-5-7-9/h3-7H,1-2H3,(H,11,14). The second-order valence-electron chi connectivity index (χ2n) is 2.88. The van der Waals surface area contributed by atoms with E-state index in [4.69, 9.17) is 12.2 Å². The first-order chi connectivity index (χ1) is 6.61. The molecule has 1 N–H and O–H groups in total. The lowest BCUT2D eigenvalue weighted by atomic mass is 10.2. The van der Waals surface area contributed by atoms with Crippen LogP contribution in [0.3, 0.4) is 0 Å². The molecule has 0 atom stereocenters. The number of benzene rings is 1. The minimum Gasteiger partial charge on any atom is -0.285 e. The Morgan fingerprint density at radius 3 is 2.43 bits per heavy atom. The van der Waals surface area contributed by atoms with Crippen molar-refractivity contribution < 1.29 is 4.79 Å². The molecule has 3 nitrogen and oxygen atoms in total. The summed E-state index contributed by atoms with van der Waals surface area (Å²) in [7, 11) is 1.64. The van der Waals surface area contributed by atoms with Crippen molar-refractivity contribution in [2.45, 2.75) is 6.92 Å². The highest BCUT2D eigenvalue weighted by molar-refractivity contribution is 7.80. The lowest BCUT2D eigenvalue weighted by Gasteiger charge is -2.17. The van der Waals surface area contributed by atoms with Gasteiger partial charge >= 0.3 is 0 Å². The number of hydrogen-bond donors (Lipinski definition) is 1. The highest BCUT2D eigenvalue weighted by atomic mass is 32.1. The number of carbonyl (C=O) groups is 1. The van der Waals surface area contributed by atoms with Gasteiger partial charge in [-0.15, -0.1) is 0 Å². The van der Waals surface area contributed by atoms with Gasteiger partial charge in [0.05, 0.1) is 0 Å². The molecule has 0 saturated heterocycles. The number of hydrogen-bond acceptors (Lipinski definition) is 2. The number of nitrogens with zero attached hydrogens (tertiary/aromatic N) is 1. The summed E-state index contributed by atoms with van der Waals surface area (Å²) < 4.78 is 0. The topological polar surface area (TPSA) is 32.3 Å².